The van der Waals surface area contributed by atoms with Crippen molar-refractivity contribution in [2.75, 3.05) is 91.8 Å². The molecule has 2 N–H and O–H groups in total. The molecule has 0 aromatic carbocycles. The fourth-order valence-electron chi connectivity index (χ4n) is 5.33. The normalized spacial score (nSPS) is 18.5. The summed E-state index contributed by atoms with van der Waals surface area (Å²) in [5.74, 6) is -1.80. The second kappa shape index (κ2) is 20.7. The fraction of sp³-hybridized carbons (Fsp3) is 0.889. The second-order valence-corrected chi connectivity index (χ2v) is 17.0. The van der Waals surface area contributed by atoms with Gasteiger partial charge in [0, 0.05) is 52.4 Å². The quantitative estimate of drug-likeness (QED) is 0.205. The number of ether oxygens (including phenoxy) is 5. The summed E-state index contributed by atoms with van der Waals surface area (Å²) in [7, 11) is 0. The summed E-state index contributed by atoms with van der Waals surface area (Å²) in [6.45, 7) is 23.1. The number of aliphatic hydroxyl groups is 2. The Balaban J connectivity index is 3.42. The minimum atomic E-state index is -0.946. The third kappa shape index (κ3) is 22.3. The van der Waals surface area contributed by atoms with Crippen LogP contribution in [0.15, 0.2) is 0 Å². The zero-order valence-electron chi connectivity index (χ0n) is 33.4. The zero-order valence-corrected chi connectivity index (χ0v) is 33.4. The van der Waals surface area contributed by atoms with E-state index in [0.29, 0.717) is 52.4 Å². The first-order chi connectivity index (χ1) is 23.3. The van der Waals surface area contributed by atoms with Gasteiger partial charge in [0.1, 0.15) is 29.0 Å². The highest BCUT2D eigenvalue weighted by Gasteiger charge is 2.31. The molecule has 0 aliphatic carbocycles. The molecule has 51 heavy (non-hydrogen) atoms. The van der Waals surface area contributed by atoms with Gasteiger partial charge in [0.2, 0.25) is 0 Å². The number of hydrogen-bond donors (Lipinski definition) is 2. The van der Waals surface area contributed by atoms with Crippen molar-refractivity contribution >= 4 is 23.9 Å². The van der Waals surface area contributed by atoms with Gasteiger partial charge >= 0.3 is 23.9 Å². The SMILES string of the molecule is CC(C)(C)OC(=O)CO[C@H](CO)[C@@H](CO)N1CCN(CC(=O)OC(C)(C)C)CCN(CC(=O)OC(C)(C)C)CCN(CC(=O)OC(C)(C)C)CC1. The highest BCUT2D eigenvalue weighted by Crippen LogP contribution is 2.15. The van der Waals surface area contributed by atoms with Crippen LogP contribution in [-0.2, 0) is 42.9 Å². The maximum Gasteiger partial charge on any atom is 0.332 e. The van der Waals surface area contributed by atoms with E-state index in [2.05, 4.69) is 0 Å². The van der Waals surface area contributed by atoms with E-state index in [4.69, 9.17) is 23.7 Å². The molecule has 1 rings (SSSR count). The lowest BCUT2D eigenvalue weighted by Crippen LogP contribution is -2.55. The van der Waals surface area contributed by atoms with Crippen molar-refractivity contribution < 1.29 is 53.1 Å². The van der Waals surface area contributed by atoms with Gasteiger partial charge < -0.3 is 33.9 Å². The van der Waals surface area contributed by atoms with E-state index in [0.717, 1.165) is 0 Å². The lowest BCUT2D eigenvalue weighted by molar-refractivity contribution is -0.165. The molecule has 0 radical (unpaired) electrons. The number of aliphatic hydroxyl groups excluding tert-OH is 2. The summed E-state index contributed by atoms with van der Waals surface area (Å²) >= 11 is 0. The summed E-state index contributed by atoms with van der Waals surface area (Å²) in [6.07, 6.45) is -0.946. The molecule has 0 aromatic rings. The first-order valence-electron chi connectivity index (χ1n) is 17.9. The minimum Gasteiger partial charge on any atom is -0.459 e. The van der Waals surface area contributed by atoms with Gasteiger partial charge in [-0.25, -0.2) is 4.79 Å². The van der Waals surface area contributed by atoms with E-state index in [-0.39, 0.29) is 25.6 Å². The first-order valence-corrected chi connectivity index (χ1v) is 17.9. The van der Waals surface area contributed by atoms with Gasteiger partial charge in [-0.3, -0.25) is 34.0 Å². The molecular weight excluding hydrogens is 664 g/mol. The van der Waals surface area contributed by atoms with Crippen molar-refractivity contribution in [2.45, 2.75) is 118 Å². The van der Waals surface area contributed by atoms with E-state index >= 15 is 0 Å². The molecule has 2 atom stereocenters. The molecular formula is C36H68N4O11. The maximum atomic E-state index is 13.0. The zero-order chi connectivity index (χ0) is 39.2. The minimum absolute atomic E-state index is 0.0154. The first kappa shape index (κ1) is 46.6. The molecule has 1 fully saturated rings. The van der Waals surface area contributed by atoms with Gasteiger partial charge in [-0.05, 0) is 83.1 Å². The fourth-order valence-corrected chi connectivity index (χ4v) is 5.33. The predicted molar refractivity (Wildman–Crippen MR) is 192 cm³/mol. The Morgan fingerprint density at radius 2 is 0.784 bits per heavy atom. The van der Waals surface area contributed by atoms with Gasteiger partial charge in [-0.2, -0.15) is 0 Å². The Hall–Kier alpha value is -2.40. The van der Waals surface area contributed by atoms with Crippen molar-refractivity contribution in [1.82, 2.24) is 19.6 Å². The maximum absolute atomic E-state index is 13.0. The third-order valence-corrected chi connectivity index (χ3v) is 7.29. The second-order valence-electron chi connectivity index (χ2n) is 17.0. The smallest absolute Gasteiger partial charge is 0.332 e. The predicted octanol–water partition coefficient (Wildman–Crippen LogP) is 1.31. The monoisotopic (exact) mass is 732 g/mol. The number of nitrogens with zero attached hydrogens (tertiary/aromatic N) is 4. The third-order valence-electron chi connectivity index (χ3n) is 7.29. The van der Waals surface area contributed by atoms with Gasteiger partial charge in [0.05, 0.1) is 45.0 Å². The van der Waals surface area contributed by atoms with E-state index in [9.17, 15) is 29.4 Å². The van der Waals surface area contributed by atoms with Crippen LogP contribution in [0.3, 0.4) is 0 Å². The molecule has 298 valence electrons. The molecule has 0 spiro atoms. The number of carbonyl (C=O) groups is 4. The molecule has 1 aliphatic heterocycles. The molecule has 0 saturated carbocycles. The highest BCUT2D eigenvalue weighted by atomic mass is 16.6. The number of hydrogen-bond acceptors (Lipinski definition) is 15. The Morgan fingerprint density at radius 3 is 1.06 bits per heavy atom. The summed E-state index contributed by atoms with van der Waals surface area (Å²) in [6, 6.07) is -0.740. The van der Waals surface area contributed by atoms with Crippen LogP contribution in [0.5, 0.6) is 0 Å². The Bertz CT molecular complexity index is 1050. The van der Waals surface area contributed by atoms with Gasteiger partial charge in [0.15, 0.2) is 0 Å². The highest BCUT2D eigenvalue weighted by molar-refractivity contribution is 5.73. The molecule has 0 bridgehead atoms. The molecule has 0 aromatic heterocycles. The van der Waals surface area contributed by atoms with Crippen LogP contribution in [-0.4, -0.2) is 180 Å². The van der Waals surface area contributed by atoms with Gasteiger partial charge in [-0.1, -0.05) is 0 Å². The Labute approximate surface area is 305 Å². The molecule has 0 unspecified atom stereocenters. The van der Waals surface area contributed by atoms with Crippen molar-refractivity contribution in [3.05, 3.63) is 0 Å². The number of esters is 4. The van der Waals surface area contributed by atoms with Crippen molar-refractivity contribution in [3.63, 3.8) is 0 Å². The molecule has 1 heterocycles. The van der Waals surface area contributed by atoms with E-state index in [1.807, 2.05) is 40.4 Å². The number of carbonyl (C=O) groups excluding carboxylic acids is 4. The van der Waals surface area contributed by atoms with Crippen molar-refractivity contribution in [3.8, 4) is 0 Å². The van der Waals surface area contributed by atoms with E-state index in [1.165, 1.54) is 0 Å². The lowest BCUT2D eigenvalue weighted by atomic mass is 10.1. The van der Waals surface area contributed by atoms with E-state index in [1.54, 1.807) is 62.3 Å². The van der Waals surface area contributed by atoms with Gasteiger partial charge in [-0.15, -0.1) is 0 Å². The van der Waals surface area contributed by atoms with E-state index < -0.39 is 72.3 Å². The summed E-state index contributed by atoms with van der Waals surface area (Å²) in [4.78, 5) is 59.0. The average Bonchev–Trinajstić information content (AvgIpc) is 2.91. The standard InChI is InChI=1S/C36H68N4O11/c1-33(2,3)48-29(43)21-37-13-15-38(22-30(44)49-34(4,5)6)17-19-40(20-18-39(16-14-37)23-31(45)50-35(7,8)9)27(24-41)28(25-42)47-26-32(46)51-36(10,11)12/h27-28,41-42H,13-26H2,1-12H3/t27-,28-/m1/s1. The molecule has 0 amide bonds. The summed E-state index contributed by atoms with van der Waals surface area (Å²) < 4.78 is 28.0. The molecule has 15 heteroatoms. The van der Waals surface area contributed by atoms with Crippen LogP contribution in [0.1, 0.15) is 83.1 Å². The van der Waals surface area contributed by atoms with Crippen LogP contribution in [0.25, 0.3) is 0 Å². The molecule has 1 saturated heterocycles. The molecule has 1 aliphatic rings. The molecule has 15 nitrogen and oxygen atoms in total. The summed E-state index contributed by atoms with van der Waals surface area (Å²) in [5.41, 5.74) is -2.75. The van der Waals surface area contributed by atoms with Crippen LogP contribution < -0.4 is 0 Å². The van der Waals surface area contributed by atoms with Crippen LogP contribution >= 0.6 is 0 Å². The topological polar surface area (TPSA) is 168 Å². The number of rotatable bonds is 13. The van der Waals surface area contributed by atoms with Crippen molar-refractivity contribution in [2.24, 2.45) is 0 Å². The Kier molecular flexibility index (Phi) is 19.0. The lowest BCUT2D eigenvalue weighted by Gasteiger charge is -2.39. The van der Waals surface area contributed by atoms with Gasteiger partial charge in [0.25, 0.3) is 0 Å². The van der Waals surface area contributed by atoms with Crippen LogP contribution in [0.4, 0.5) is 0 Å². The summed E-state index contributed by atoms with van der Waals surface area (Å²) in [5, 5.41) is 21.0. The van der Waals surface area contributed by atoms with Crippen LogP contribution in [0.2, 0.25) is 0 Å². The van der Waals surface area contributed by atoms with Crippen LogP contribution in [0, 0.1) is 0 Å². The van der Waals surface area contributed by atoms with Crippen molar-refractivity contribution in [1.29, 1.82) is 0 Å². The average molecular weight is 733 g/mol. The Morgan fingerprint density at radius 1 is 0.490 bits per heavy atom. The largest absolute Gasteiger partial charge is 0.459 e.